The van der Waals surface area contributed by atoms with E-state index in [1.807, 2.05) is 0 Å². The first kappa shape index (κ1) is 12.4. The van der Waals surface area contributed by atoms with Crippen LogP contribution in [-0.2, 0) is 6.42 Å². The zero-order valence-electron chi connectivity index (χ0n) is 10.7. The van der Waals surface area contributed by atoms with Crippen LogP contribution >= 0.6 is 0 Å². The Morgan fingerprint density at radius 1 is 1.53 bits per heavy atom. The minimum absolute atomic E-state index is 0.203. The highest BCUT2D eigenvalue weighted by atomic mass is 16.5. The maximum atomic E-state index is 11.3. The van der Waals surface area contributed by atoms with Crippen molar-refractivity contribution < 1.29 is 4.52 Å². The molecule has 0 amide bonds. The molecule has 96 valence electrons. The monoisotopic (exact) mass is 238 g/mol. The fourth-order valence-electron chi connectivity index (χ4n) is 2.45. The molecular formula is C13H22N2O2. The van der Waals surface area contributed by atoms with E-state index in [-0.39, 0.29) is 11.7 Å². The molecule has 2 N–H and O–H groups in total. The van der Waals surface area contributed by atoms with Gasteiger partial charge < -0.3 is 9.84 Å². The molecular weight excluding hydrogens is 216 g/mol. The SMILES string of the molecule is CCCCC(CC)CNC1Cc2[nH]oc(=O)c21. The first-order chi connectivity index (χ1) is 8.26. The van der Waals surface area contributed by atoms with Crippen LogP contribution in [0.1, 0.15) is 56.8 Å². The molecule has 4 nitrogen and oxygen atoms in total. The highest BCUT2D eigenvalue weighted by molar-refractivity contribution is 5.30. The topological polar surface area (TPSA) is 58.0 Å². The largest absolute Gasteiger partial charge is 0.362 e. The molecule has 1 aliphatic carbocycles. The Kier molecular flexibility index (Phi) is 4.05. The van der Waals surface area contributed by atoms with Gasteiger partial charge in [-0.25, -0.2) is 9.95 Å². The second-order valence-corrected chi connectivity index (χ2v) is 4.97. The van der Waals surface area contributed by atoms with Gasteiger partial charge in [0.15, 0.2) is 0 Å². The lowest BCUT2D eigenvalue weighted by Crippen LogP contribution is -2.36. The molecule has 17 heavy (non-hydrogen) atoms. The van der Waals surface area contributed by atoms with Gasteiger partial charge in [0, 0.05) is 12.5 Å². The Balaban J connectivity index is 1.80. The molecule has 0 aliphatic heterocycles. The smallest absolute Gasteiger partial charge is 0.338 e. The van der Waals surface area contributed by atoms with Gasteiger partial charge in [0.2, 0.25) is 0 Å². The Hall–Kier alpha value is -1.03. The second kappa shape index (κ2) is 5.54. The fourth-order valence-corrected chi connectivity index (χ4v) is 2.45. The van der Waals surface area contributed by atoms with Crippen LogP contribution in [-0.4, -0.2) is 11.7 Å². The van der Waals surface area contributed by atoms with Crippen molar-refractivity contribution in [2.45, 2.75) is 52.0 Å². The summed E-state index contributed by atoms with van der Waals surface area (Å²) in [7, 11) is 0. The summed E-state index contributed by atoms with van der Waals surface area (Å²) in [6, 6.07) is 0.211. The summed E-state index contributed by atoms with van der Waals surface area (Å²) < 4.78 is 4.77. The van der Waals surface area contributed by atoms with Gasteiger partial charge in [-0.2, -0.15) is 0 Å². The van der Waals surface area contributed by atoms with Crippen molar-refractivity contribution in [1.82, 2.24) is 10.5 Å². The normalized spacial score (nSPS) is 19.8. The number of aromatic nitrogens is 1. The lowest BCUT2D eigenvalue weighted by atomic mass is 9.89. The number of hydrogen-bond donors (Lipinski definition) is 2. The summed E-state index contributed by atoms with van der Waals surface area (Å²) in [6.07, 6.45) is 5.93. The summed E-state index contributed by atoms with van der Waals surface area (Å²) in [5.41, 5.74) is 1.58. The molecule has 0 saturated carbocycles. The van der Waals surface area contributed by atoms with E-state index in [2.05, 4.69) is 24.3 Å². The number of unbranched alkanes of at least 4 members (excludes halogenated alkanes) is 1. The highest BCUT2D eigenvalue weighted by Crippen LogP contribution is 2.28. The van der Waals surface area contributed by atoms with Crippen molar-refractivity contribution in [2.75, 3.05) is 6.54 Å². The van der Waals surface area contributed by atoms with Crippen LogP contribution < -0.4 is 10.9 Å². The van der Waals surface area contributed by atoms with E-state index < -0.39 is 0 Å². The van der Waals surface area contributed by atoms with Crippen LogP contribution in [0.15, 0.2) is 9.32 Å². The van der Waals surface area contributed by atoms with Gasteiger partial charge in [0.1, 0.15) is 0 Å². The van der Waals surface area contributed by atoms with Gasteiger partial charge in [-0.15, -0.1) is 0 Å². The third-order valence-corrected chi connectivity index (χ3v) is 3.76. The zero-order chi connectivity index (χ0) is 12.3. The maximum Gasteiger partial charge on any atom is 0.362 e. The average molecular weight is 238 g/mol. The van der Waals surface area contributed by atoms with E-state index in [9.17, 15) is 4.79 Å². The van der Waals surface area contributed by atoms with Crippen LogP contribution in [0.2, 0.25) is 0 Å². The van der Waals surface area contributed by atoms with E-state index >= 15 is 0 Å². The van der Waals surface area contributed by atoms with Crippen molar-refractivity contribution in [3.05, 3.63) is 21.7 Å². The second-order valence-electron chi connectivity index (χ2n) is 4.97. The van der Waals surface area contributed by atoms with E-state index in [4.69, 9.17) is 4.52 Å². The molecule has 2 atom stereocenters. The van der Waals surface area contributed by atoms with E-state index in [0.29, 0.717) is 0 Å². The van der Waals surface area contributed by atoms with Crippen molar-refractivity contribution in [2.24, 2.45) is 5.92 Å². The maximum absolute atomic E-state index is 11.3. The number of fused-ring (bicyclic) bond motifs is 1. The van der Waals surface area contributed by atoms with Crippen LogP contribution in [0.3, 0.4) is 0 Å². The average Bonchev–Trinajstić information content (AvgIpc) is 2.58. The Labute approximate surface area is 102 Å². The van der Waals surface area contributed by atoms with Gasteiger partial charge in [-0.05, 0) is 18.9 Å². The van der Waals surface area contributed by atoms with Crippen LogP contribution in [0.5, 0.6) is 0 Å². The molecule has 0 bridgehead atoms. The fraction of sp³-hybridized carbons (Fsp3) is 0.769. The van der Waals surface area contributed by atoms with Gasteiger partial charge >= 0.3 is 5.63 Å². The van der Waals surface area contributed by atoms with Crippen LogP contribution in [0.25, 0.3) is 0 Å². The molecule has 0 saturated heterocycles. The summed E-state index contributed by atoms with van der Waals surface area (Å²) in [6.45, 7) is 5.47. The lowest BCUT2D eigenvalue weighted by molar-refractivity contribution is 0.371. The predicted octanol–water partition coefficient (Wildman–Crippen LogP) is 2.37. The minimum Gasteiger partial charge on any atom is -0.338 e. The molecule has 2 unspecified atom stereocenters. The molecule has 1 aliphatic rings. The van der Waals surface area contributed by atoms with E-state index in [1.54, 1.807) is 0 Å². The minimum atomic E-state index is -0.203. The van der Waals surface area contributed by atoms with Gasteiger partial charge in [-0.3, -0.25) is 0 Å². The zero-order valence-corrected chi connectivity index (χ0v) is 10.7. The predicted molar refractivity (Wildman–Crippen MR) is 67.1 cm³/mol. The third kappa shape index (κ3) is 2.63. The molecule has 4 heteroatoms. The molecule has 0 radical (unpaired) electrons. The summed E-state index contributed by atoms with van der Waals surface area (Å²) >= 11 is 0. The number of hydrogen-bond acceptors (Lipinski definition) is 3. The van der Waals surface area contributed by atoms with E-state index in [0.717, 1.165) is 30.1 Å². The van der Waals surface area contributed by atoms with E-state index in [1.165, 1.54) is 25.7 Å². The first-order valence-corrected chi connectivity index (χ1v) is 6.69. The molecule has 2 rings (SSSR count). The molecule has 1 aromatic rings. The van der Waals surface area contributed by atoms with Crippen molar-refractivity contribution >= 4 is 0 Å². The lowest BCUT2D eigenvalue weighted by Gasteiger charge is -2.27. The number of nitrogens with one attached hydrogen (secondary N) is 2. The van der Waals surface area contributed by atoms with Crippen LogP contribution in [0, 0.1) is 5.92 Å². The van der Waals surface area contributed by atoms with Crippen LogP contribution in [0.4, 0.5) is 0 Å². The number of rotatable bonds is 7. The molecule has 0 aromatic carbocycles. The standard InChI is InChI=1S/C13H22N2O2/c1-3-5-6-9(4-2)8-14-10-7-11-12(10)13(16)17-15-11/h9-10,14-15H,3-8H2,1-2H3. The highest BCUT2D eigenvalue weighted by Gasteiger charge is 2.32. The van der Waals surface area contributed by atoms with Crippen molar-refractivity contribution in [1.29, 1.82) is 0 Å². The molecule has 1 heterocycles. The number of H-pyrrole nitrogens is 1. The first-order valence-electron chi connectivity index (χ1n) is 6.69. The molecule has 0 spiro atoms. The number of aromatic amines is 1. The quantitative estimate of drug-likeness (QED) is 0.766. The Bertz CT molecular complexity index is 408. The van der Waals surface area contributed by atoms with Gasteiger partial charge in [0.25, 0.3) is 0 Å². The third-order valence-electron chi connectivity index (χ3n) is 3.76. The summed E-state index contributed by atoms with van der Waals surface area (Å²) in [5, 5.41) is 6.14. The van der Waals surface area contributed by atoms with Crippen molar-refractivity contribution in [3.8, 4) is 0 Å². The molecule has 1 aromatic heterocycles. The molecule has 0 fully saturated rings. The van der Waals surface area contributed by atoms with Crippen molar-refractivity contribution in [3.63, 3.8) is 0 Å². The summed E-state index contributed by atoms with van der Waals surface area (Å²) in [5.74, 6) is 0.727. The Morgan fingerprint density at radius 3 is 3.00 bits per heavy atom. The Morgan fingerprint density at radius 2 is 2.35 bits per heavy atom. The summed E-state index contributed by atoms with van der Waals surface area (Å²) in [4.78, 5) is 11.3. The van der Waals surface area contributed by atoms with Gasteiger partial charge in [0.05, 0.1) is 11.3 Å². The van der Waals surface area contributed by atoms with Gasteiger partial charge in [-0.1, -0.05) is 33.1 Å².